The van der Waals surface area contributed by atoms with Crippen LogP contribution in [0.1, 0.15) is 42.7 Å². The minimum absolute atomic E-state index is 0. The maximum Gasteiger partial charge on any atom is 0.251 e. The van der Waals surface area contributed by atoms with E-state index in [2.05, 4.69) is 17.6 Å². The van der Waals surface area contributed by atoms with E-state index >= 15 is 0 Å². The molecule has 1 heterocycles. The summed E-state index contributed by atoms with van der Waals surface area (Å²) in [6.45, 7) is 2.31. The monoisotopic (exact) mass is 444 g/mol. The Hall–Kier alpha value is -3.80. The summed E-state index contributed by atoms with van der Waals surface area (Å²) in [5.41, 5.74) is 4.86. The molecule has 2 amide bonds. The quantitative estimate of drug-likeness (QED) is 0.566. The molecule has 0 saturated heterocycles. The summed E-state index contributed by atoms with van der Waals surface area (Å²) in [6, 6.07) is 19.3. The van der Waals surface area contributed by atoms with Crippen LogP contribution in [0.3, 0.4) is 0 Å². The molecule has 2 aliphatic rings. The van der Waals surface area contributed by atoms with E-state index in [1.807, 2.05) is 54.6 Å². The van der Waals surface area contributed by atoms with Crippen molar-refractivity contribution in [1.82, 2.24) is 5.32 Å². The zero-order valence-electron chi connectivity index (χ0n) is 18.7. The van der Waals surface area contributed by atoms with Crippen LogP contribution in [-0.4, -0.2) is 25.7 Å². The zero-order chi connectivity index (χ0) is 23.0. The molecule has 3 aromatic rings. The average Bonchev–Trinajstić information content (AvgIpc) is 3.54. The van der Waals surface area contributed by atoms with Gasteiger partial charge in [0.25, 0.3) is 5.91 Å². The first-order valence-corrected chi connectivity index (χ1v) is 11.2. The van der Waals surface area contributed by atoms with E-state index in [-0.39, 0.29) is 20.0 Å². The number of rotatable bonds is 6. The average molecular weight is 445 g/mol. The van der Waals surface area contributed by atoms with Crippen molar-refractivity contribution in [3.05, 3.63) is 77.4 Å². The number of carbonyl (C=O) groups excluding carboxylic acids is 2. The Morgan fingerprint density at radius 3 is 2.58 bits per heavy atom. The number of fused-ring (bicyclic) bond motifs is 1. The topological polar surface area (TPSA) is 76.7 Å². The molecule has 1 fully saturated rings. The number of benzene rings is 3. The number of aryl methyl sites for hydroxylation is 1. The van der Waals surface area contributed by atoms with Crippen molar-refractivity contribution in [1.29, 1.82) is 0 Å². The molecule has 33 heavy (non-hydrogen) atoms. The summed E-state index contributed by atoms with van der Waals surface area (Å²) < 4.78 is 10.9. The lowest BCUT2D eigenvalue weighted by atomic mass is 9.93. The van der Waals surface area contributed by atoms with Crippen LogP contribution in [0.15, 0.2) is 60.7 Å². The Morgan fingerprint density at radius 2 is 1.82 bits per heavy atom. The SMILES string of the molecule is CCc1ccc(NC(=O)C2(c3ccc4c(c3)OCO4)CC2)cc1-c1cccc(C(=O)NC)c1.[HH]. The molecular weight excluding hydrogens is 416 g/mol. The number of carbonyl (C=O) groups is 2. The highest BCUT2D eigenvalue weighted by Crippen LogP contribution is 2.51. The lowest BCUT2D eigenvalue weighted by Gasteiger charge is -2.18. The van der Waals surface area contributed by atoms with Crippen LogP contribution in [0.25, 0.3) is 11.1 Å². The van der Waals surface area contributed by atoms with Crippen LogP contribution >= 0.6 is 0 Å². The van der Waals surface area contributed by atoms with Crippen LogP contribution in [-0.2, 0) is 16.6 Å². The molecule has 1 aliphatic carbocycles. The van der Waals surface area contributed by atoms with Gasteiger partial charge in [-0.05, 0) is 77.9 Å². The van der Waals surface area contributed by atoms with Gasteiger partial charge in [0.1, 0.15) is 0 Å². The summed E-state index contributed by atoms with van der Waals surface area (Å²) in [6.07, 6.45) is 2.44. The molecular formula is C27H28N2O4. The molecule has 0 radical (unpaired) electrons. The van der Waals surface area contributed by atoms with Gasteiger partial charge in [0.05, 0.1) is 5.41 Å². The van der Waals surface area contributed by atoms with E-state index in [1.165, 1.54) is 0 Å². The van der Waals surface area contributed by atoms with E-state index in [1.54, 1.807) is 13.1 Å². The molecule has 2 N–H and O–H groups in total. The van der Waals surface area contributed by atoms with E-state index in [9.17, 15) is 9.59 Å². The second-order valence-corrected chi connectivity index (χ2v) is 8.49. The van der Waals surface area contributed by atoms with Gasteiger partial charge >= 0.3 is 0 Å². The second kappa shape index (κ2) is 8.28. The molecule has 3 aromatic carbocycles. The van der Waals surface area contributed by atoms with Crippen LogP contribution in [0.2, 0.25) is 0 Å². The van der Waals surface area contributed by atoms with E-state index in [0.29, 0.717) is 17.1 Å². The van der Waals surface area contributed by atoms with Crippen molar-refractivity contribution >= 4 is 17.5 Å². The van der Waals surface area contributed by atoms with Gasteiger partial charge in [0, 0.05) is 19.7 Å². The van der Waals surface area contributed by atoms with Gasteiger partial charge in [-0.25, -0.2) is 0 Å². The highest BCUT2D eigenvalue weighted by Gasteiger charge is 2.51. The Morgan fingerprint density at radius 1 is 1.00 bits per heavy atom. The summed E-state index contributed by atoms with van der Waals surface area (Å²) in [5, 5.41) is 5.80. The molecule has 5 rings (SSSR count). The van der Waals surface area contributed by atoms with Crippen LogP contribution in [0.4, 0.5) is 5.69 Å². The third-order valence-electron chi connectivity index (χ3n) is 6.52. The number of hydrogen-bond donors (Lipinski definition) is 2. The number of hydrogen-bond acceptors (Lipinski definition) is 4. The minimum Gasteiger partial charge on any atom is -0.454 e. The molecule has 6 heteroatoms. The Kier molecular flexibility index (Phi) is 5.29. The summed E-state index contributed by atoms with van der Waals surface area (Å²) >= 11 is 0. The van der Waals surface area contributed by atoms with Crippen LogP contribution < -0.4 is 20.1 Å². The smallest absolute Gasteiger partial charge is 0.251 e. The predicted octanol–water partition coefficient (Wildman–Crippen LogP) is 4.92. The Labute approximate surface area is 194 Å². The molecule has 0 atom stereocenters. The second-order valence-electron chi connectivity index (χ2n) is 8.49. The van der Waals surface area contributed by atoms with Crippen molar-refractivity contribution in [3.8, 4) is 22.6 Å². The normalized spacial score (nSPS) is 15.1. The fraction of sp³-hybridized carbons (Fsp3) is 0.259. The van der Waals surface area contributed by atoms with Gasteiger partial charge in [0.2, 0.25) is 12.7 Å². The molecule has 0 spiro atoms. The Bertz CT molecular complexity index is 1250. The van der Waals surface area contributed by atoms with Crippen molar-refractivity contribution in [2.75, 3.05) is 19.2 Å². The number of amides is 2. The fourth-order valence-corrected chi connectivity index (χ4v) is 4.42. The number of ether oxygens (including phenoxy) is 2. The third kappa shape index (κ3) is 3.82. The summed E-state index contributed by atoms with van der Waals surface area (Å²) in [5.74, 6) is 1.26. The van der Waals surface area contributed by atoms with Crippen molar-refractivity contribution in [2.24, 2.45) is 0 Å². The molecule has 170 valence electrons. The lowest BCUT2D eigenvalue weighted by molar-refractivity contribution is -0.118. The van der Waals surface area contributed by atoms with Crippen LogP contribution in [0, 0.1) is 0 Å². The largest absolute Gasteiger partial charge is 0.454 e. The minimum atomic E-state index is -0.538. The molecule has 6 nitrogen and oxygen atoms in total. The van der Waals surface area contributed by atoms with Gasteiger partial charge < -0.3 is 20.1 Å². The molecule has 1 saturated carbocycles. The lowest BCUT2D eigenvalue weighted by Crippen LogP contribution is -2.27. The third-order valence-corrected chi connectivity index (χ3v) is 6.52. The van der Waals surface area contributed by atoms with Crippen molar-refractivity contribution in [3.63, 3.8) is 0 Å². The fourth-order valence-electron chi connectivity index (χ4n) is 4.42. The van der Waals surface area contributed by atoms with Gasteiger partial charge in [0.15, 0.2) is 11.5 Å². The zero-order valence-corrected chi connectivity index (χ0v) is 18.7. The van der Waals surface area contributed by atoms with Gasteiger partial charge in [-0.15, -0.1) is 0 Å². The summed E-state index contributed by atoms with van der Waals surface area (Å²) in [4.78, 5) is 25.4. The van der Waals surface area contributed by atoms with Crippen molar-refractivity contribution < 1.29 is 20.5 Å². The standard InChI is InChI=1S/C27H26N2O4.H2/c1-3-17-7-9-21(15-22(17)18-5-4-6-19(13-18)25(30)28-2)29-26(31)27(11-12-27)20-8-10-23-24(14-20)33-16-32-23;/h4-10,13-15H,3,11-12,16H2,1-2H3,(H,28,30)(H,29,31);1H. The van der Waals surface area contributed by atoms with E-state index in [0.717, 1.165) is 47.2 Å². The Balaban J connectivity index is 0.00000274. The maximum atomic E-state index is 13.3. The van der Waals surface area contributed by atoms with Gasteiger partial charge in [-0.3, -0.25) is 9.59 Å². The predicted molar refractivity (Wildman–Crippen MR) is 129 cm³/mol. The van der Waals surface area contributed by atoms with Crippen molar-refractivity contribution in [2.45, 2.75) is 31.6 Å². The molecule has 0 bridgehead atoms. The molecule has 1 aliphatic heterocycles. The number of nitrogens with one attached hydrogen (secondary N) is 2. The number of anilines is 1. The maximum absolute atomic E-state index is 13.3. The highest BCUT2D eigenvalue weighted by molar-refractivity contribution is 6.02. The van der Waals surface area contributed by atoms with Gasteiger partial charge in [-0.1, -0.05) is 31.2 Å². The van der Waals surface area contributed by atoms with Gasteiger partial charge in [-0.2, -0.15) is 0 Å². The first kappa shape index (κ1) is 21.1. The first-order valence-electron chi connectivity index (χ1n) is 11.2. The van der Waals surface area contributed by atoms with E-state index in [4.69, 9.17) is 9.47 Å². The highest BCUT2D eigenvalue weighted by atomic mass is 16.7. The van der Waals surface area contributed by atoms with E-state index < -0.39 is 5.41 Å². The van der Waals surface area contributed by atoms with Crippen LogP contribution in [0.5, 0.6) is 11.5 Å². The first-order chi connectivity index (χ1) is 16.0. The molecule has 0 aromatic heterocycles. The molecule has 0 unspecified atom stereocenters. The summed E-state index contributed by atoms with van der Waals surface area (Å²) in [7, 11) is 1.62.